The fourth-order valence-electron chi connectivity index (χ4n) is 2.07. The number of hydrogen-bond donors (Lipinski definition) is 2. The van der Waals surface area contributed by atoms with Gasteiger partial charge < -0.3 is 10.2 Å². The first kappa shape index (κ1) is 12.5. The molecule has 0 atom stereocenters. The van der Waals surface area contributed by atoms with Crippen LogP contribution in [0.25, 0.3) is 0 Å². The molecule has 0 aromatic rings. The molecule has 1 saturated carbocycles. The van der Waals surface area contributed by atoms with E-state index >= 15 is 0 Å². The lowest BCUT2D eigenvalue weighted by Crippen LogP contribution is -2.19. The molecule has 0 heterocycles. The van der Waals surface area contributed by atoms with Crippen molar-refractivity contribution >= 4 is 11.9 Å². The minimum absolute atomic E-state index is 0.380. The minimum Gasteiger partial charge on any atom is -0.478 e. The van der Waals surface area contributed by atoms with Gasteiger partial charge in [-0.05, 0) is 12.8 Å². The second-order valence-electron chi connectivity index (χ2n) is 4.14. The van der Waals surface area contributed by atoms with Gasteiger partial charge in [0.25, 0.3) is 0 Å². The van der Waals surface area contributed by atoms with E-state index in [2.05, 4.69) is 0 Å². The number of carboxylic acids is 2. The Morgan fingerprint density at radius 2 is 1.31 bits per heavy atom. The van der Waals surface area contributed by atoms with Crippen molar-refractivity contribution in [2.24, 2.45) is 5.41 Å². The first-order valence-corrected chi connectivity index (χ1v) is 5.38. The maximum Gasteiger partial charge on any atom is 0.328 e. The Morgan fingerprint density at radius 3 is 1.69 bits per heavy atom. The van der Waals surface area contributed by atoms with Crippen LogP contribution in [0, 0.1) is 5.41 Å². The molecule has 1 fully saturated rings. The van der Waals surface area contributed by atoms with Gasteiger partial charge >= 0.3 is 11.9 Å². The van der Waals surface area contributed by atoms with Crippen molar-refractivity contribution in [1.82, 2.24) is 0 Å². The van der Waals surface area contributed by atoms with Crippen LogP contribution in [0.5, 0.6) is 0 Å². The van der Waals surface area contributed by atoms with Gasteiger partial charge in [-0.1, -0.05) is 31.4 Å². The fraction of sp³-hybridized carbons (Fsp3) is 0.500. The molecule has 0 bridgehead atoms. The molecule has 2 N–H and O–H groups in total. The first-order valence-electron chi connectivity index (χ1n) is 5.38. The molecular weight excluding hydrogens is 208 g/mol. The Labute approximate surface area is 94.3 Å². The number of carboxylic acid groups (broad SMARTS) is 2. The van der Waals surface area contributed by atoms with Crippen molar-refractivity contribution in [3.05, 3.63) is 24.3 Å². The van der Waals surface area contributed by atoms with E-state index in [1.54, 1.807) is 12.2 Å². The molecule has 1 rings (SSSR count). The monoisotopic (exact) mass is 224 g/mol. The van der Waals surface area contributed by atoms with E-state index in [-0.39, 0.29) is 5.41 Å². The van der Waals surface area contributed by atoms with Crippen LogP contribution in [0.15, 0.2) is 24.3 Å². The zero-order valence-electron chi connectivity index (χ0n) is 9.06. The summed E-state index contributed by atoms with van der Waals surface area (Å²) >= 11 is 0. The fourth-order valence-corrected chi connectivity index (χ4v) is 2.07. The van der Waals surface area contributed by atoms with Gasteiger partial charge in [-0.15, -0.1) is 0 Å². The predicted octanol–water partition coefficient (Wildman–Crippen LogP) is 2.22. The molecule has 4 nitrogen and oxygen atoms in total. The highest BCUT2D eigenvalue weighted by Gasteiger charge is 2.26. The molecule has 0 aromatic carbocycles. The van der Waals surface area contributed by atoms with E-state index in [1.165, 1.54) is 0 Å². The van der Waals surface area contributed by atoms with Crippen LogP contribution in [0.3, 0.4) is 0 Å². The van der Waals surface area contributed by atoms with E-state index < -0.39 is 11.9 Å². The van der Waals surface area contributed by atoms with Crippen LogP contribution in [-0.4, -0.2) is 22.2 Å². The van der Waals surface area contributed by atoms with Crippen molar-refractivity contribution in [2.75, 3.05) is 0 Å². The SMILES string of the molecule is O=C(O)C=CC1(C=CC(=O)O)CCCCC1. The van der Waals surface area contributed by atoms with Crippen LogP contribution in [0.4, 0.5) is 0 Å². The molecule has 16 heavy (non-hydrogen) atoms. The highest BCUT2D eigenvalue weighted by molar-refractivity contribution is 5.81. The van der Waals surface area contributed by atoms with E-state index in [1.807, 2.05) is 0 Å². The summed E-state index contributed by atoms with van der Waals surface area (Å²) in [6, 6.07) is 0. The normalized spacial score (nSPS) is 20.2. The van der Waals surface area contributed by atoms with Crippen molar-refractivity contribution < 1.29 is 19.8 Å². The van der Waals surface area contributed by atoms with Crippen molar-refractivity contribution in [3.8, 4) is 0 Å². The molecular formula is C12H16O4. The number of rotatable bonds is 4. The van der Waals surface area contributed by atoms with E-state index in [0.29, 0.717) is 0 Å². The van der Waals surface area contributed by atoms with Gasteiger partial charge in [0.15, 0.2) is 0 Å². The third kappa shape index (κ3) is 3.88. The van der Waals surface area contributed by atoms with E-state index in [0.717, 1.165) is 44.3 Å². The molecule has 0 amide bonds. The van der Waals surface area contributed by atoms with Crippen LogP contribution in [0.2, 0.25) is 0 Å². The van der Waals surface area contributed by atoms with Crippen molar-refractivity contribution in [1.29, 1.82) is 0 Å². The molecule has 0 saturated heterocycles. The van der Waals surface area contributed by atoms with Gasteiger partial charge in [0.05, 0.1) is 0 Å². The predicted molar refractivity (Wildman–Crippen MR) is 59.1 cm³/mol. The average Bonchev–Trinajstić information content (AvgIpc) is 2.25. The lowest BCUT2D eigenvalue weighted by atomic mass is 9.73. The second kappa shape index (κ2) is 5.49. The maximum absolute atomic E-state index is 10.5. The molecule has 0 aliphatic heterocycles. The quantitative estimate of drug-likeness (QED) is 0.718. The number of allylic oxidation sites excluding steroid dienone is 2. The Kier molecular flexibility index (Phi) is 4.28. The van der Waals surface area contributed by atoms with Crippen molar-refractivity contribution in [3.63, 3.8) is 0 Å². The summed E-state index contributed by atoms with van der Waals surface area (Å²) in [5, 5.41) is 17.2. The Morgan fingerprint density at radius 1 is 0.875 bits per heavy atom. The largest absolute Gasteiger partial charge is 0.478 e. The summed E-state index contributed by atoms with van der Waals surface area (Å²) in [4.78, 5) is 21.0. The molecule has 0 aromatic heterocycles. The van der Waals surface area contributed by atoms with Crippen LogP contribution in [0.1, 0.15) is 32.1 Å². The summed E-state index contributed by atoms with van der Waals surface area (Å²) in [6.07, 6.45) is 10.2. The van der Waals surface area contributed by atoms with Crippen LogP contribution < -0.4 is 0 Å². The van der Waals surface area contributed by atoms with Gasteiger partial charge in [0.1, 0.15) is 0 Å². The van der Waals surface area contributed by atoms with Crippen molar-refractivity contribution in [2.45, 2.75) is 32.1 Å². The smallest absolute Gasteiger partial charge is 0.328 e. The standard InChI is InChI=1S/C12H16O4/c13-10(14)4-8-12(9-5-11(15)16)6-2-1-3-7-12/h4-5,8-9H,1-3,6-7H2,(H,13,14)(H,15,16). The first-order chi connectivity index (χ1) is 7.54. The lowest BCUT2D eigenvalue weighted by molar-refractivity contribution is -0.132. The molecule has 1 aliphatic rings. The molecule has 1 aliphatic carbocycles. The van der Waals surface area contributed by atoms with Gasteiger partial charge in [0, 0.05) is 17.6 Å². The zero-order chi connectivity index (χ0) is 12.0. The molecule has 0 radical (unpaired) electrons. The van der Waals surface area contributed by atoms with E-state index in [4.69, 9.17) is 10.2 Å². The Hall–Kier alpha value is -1.58. The van der Waals surface area contributed by atoms with Gasteiger partial charge in [-0.25, -0.2) is 9.59 Å². The summed E-state index contributed by atoms with van der Waals surface area (Å²) in [5.74, 6) is -1.98. The molecule has 4 heteroatoms. The lowest BCUT2D eigenvalue weighted by Gasteiger charge is -2.31. The van der Waals surface area contributed by atoms with Gasteiger partial charge in [-0.3, -0.25) is 0 Å². The average molecular weight is 224 g/mol. The Balaban J connectivity index is 2.82. The minimum atomic E-state index is -0.992. The third-order valence-electron chi connectivity index (χ3n) is 2.90. The molecule has 0 unspecified atom stereocenters. The highest BCUT2D eigenvalue weighted by Crippen LogP contribution is 2.38. The Bertz CT molecular complexity index is 296. The number of aliphatic carboxylic acids is 2. The third-order valence-corrected chi connectivity index (χ3v) is 2.90. The van der Waals surface area contributed by atoms with Gasteiger partial charge in [-0.2, -0.15) is 0 Å². The second-order valence-corrected chi connectivity index (χ2v) is 4.14. The number of carbonyl (C=O) groups is 2. The highest BCUT2D eigenvalue weighted by atomic mass is 16.4. The summed E-state index contributed by atoms with van der Waals surface area (Å²) in [7, 11) is 0. The summed E-state index contributed by atoms with van der Waals surface area (Å²) in [6.45, 7) is 0. The summed E-state index contributed by atoms with van der Waals surface area (Å²) in [5.41, 5.74) is -0.380. The number of hydrogen-bond acceptors (Lipinski definition) is 2. The molecule has 0 spiro atoms. The van der Waals surface area contributed by atoms with Gasteiger partial charge in [0.2, 0.25) is 0 Å². The molecule has 88 valence electrons. The van der Waals surface area contributed by atoms with Crippen LogP contribution >= 0.6 is 0 Å². The van der Waals surface area contributed by atoms with E-state index in [9.17, 15) is 9.59 Å². The topological polar surface area (TPSA) is 74.6 Å². The maximum atomic E-state index is 10.5. The zero-order valence-corrected chi connectivity index (χ0v) is 9.06. The summed E-state index contributed by atoms with van der Waals surface area (Å²) < 4.78 is 0. The van der Waals surface area contributed by atoms with Crippen LogP contribution in [-0.2, 0) is 9.59 Å².